The zero-order valence-corrected chi connectivity index (χ0v) is 20.2. The number of alkyl carbamates (subject to hydrolysis) is 1. The van der Waals surface area contributed by atoms with Gasteiger partial charge >= 0.3 is 6.09 Å². The molecule has 1 spiro atoms. The van der Waals surface area contributed by atoms with Crippen LogP contribution in [0.2, 0.25) is 0 Å². The quantitative estimate of drug-likeness (QED) is 0.439. The average molecular weight is 439 g/mol. The Hall–Kier alpha value is -1.15. The molecule has 7 heteroatoms. The van der Waals surface area contributed by atoms with Gasteiger partial charge in [-0.3, -0.25) is 0 Å². The van der Waals surface area contributed by atoms with Crippen molar-refractivity contribution >= 4 is 6.09 Å². The van der Waals surface area contributed by atoms with Crippen LogP contribution in [0.1, 0.15) is 59.8 Å². The van der Waals surface area contributed by atoms with Crippen molar-refractivity contribution in [2.45, 2.75) is 89.3 Å². The Morgan fingerprint density at radius 2 is 2.06 bits per heavy atom. The first-order valence-corrected chi connectivity index (χ1v) is 11.8. The first-order valence-electron chi connectivity index (χ1n) is 11.8. The minimum absolute atomic E-state index is 0.0192. The Kier molecular flexibility index (Phi) is 8.05. The number of amides is 1. The average Bonchev–Trinajstić information content (AvgIpc) is 3.34. The summed E-state index contributed by atoms with van der Waals surface area (Å²) in [6, 6.07) is 0.553. The standard InChI is InChI=1S/C24H42N2O5/c1-17(2)11-15-29-23(3,4)21-20(28-6)19(9-12-24(21)16-30-24)31-22(27)25-13-10-18-8-7-14-26(18)5/h11,18-21H,7-10,12-16H2,1-6H3,(H,25,27)/t18?,19-,20-,21-,24+/m1/s1. The predicted octanol–water partition coefficient (Wildman–Crippen LogP) is 3.52. The highest BCUT2D eigenvalue weighted by Gasteiger charge is 2.64. The van der Waals surface area contributed by atoms with E-state index in [1.54, 1.807) is 7.11 Å². The summed E-state index contributed by atoms with van der Waals surface area (Å²) < 4.78 is 24.0. The second-order valence-electron chi connectivity index (χ2n) is 10.2. The third kappa shape index (κ3) is 6.01. The van der Waals surface area contributed by atoms with Crippen molar-refractivity contribution in [2.24, 2.45) is 5.92 Å². The van der Waals surface area contributed by atoms with Crippen LogP contribution in [-0.4, -0.2) is 80.9 Å². The number of likely N-dealkylation sites (tertiary alicyclic amines) is 1. The molecule has 5 atom stereocenters. The summed E-state index contributed by atoms with van der Waals surface area (Å²) in [5.74, 6) is -0.0192. The molecular weight excluding hydrogens is 396 g/mol. The molecular formula is C24H42N2O5. The molecule has 0 radical (unpaired) electrons. The van der Waals surface area contributed by atoms with Crippen molar-refractivity contribution in [1.82, 2.24) is 10.2 Å². The fourth-order valence-corrected chi connectivity index (χ4v) is 5.46. The van der Waals surface area contributed by atoms with Gasteiger partial charge in [-0.25, -0.2) is 4.79 Å². The van der Waals surface area contributed by atoms with E-state index in [1.807, 2.05) is 0 Å². The summed E-state index contributed by atoms with van der Waals surface area (Å²) in [6.07, 6.45) is 6.10. The summed E-state index contributed by atoms with van der Waals surface area (Å²) >= 11 is 0. The molecule has 2 saturated heterocycles. The second kappa shape index (κ2) is 10.2. The lowest BCUT2D eigenvalue weighted by Gasteiger charge is -2.47. The fourth-order valence-electron chi connectivity index (χ4n) is 5.46. The zero-order chi connectivity index (χ0) is 22.6. The molecule has 0 aromatic heterocycles. The van der Waals surface area contributed by atoms with E-state index in [4.69, 9.17) is 18.9 Å². The summed E-state index contributed by atoms with van der Waals surface area (Å²) in [5.41, 5.74) is 0.509. The molecule has 31 heavy (non-hydrogen) atoms. The molecule has 1 aliphatic carbocycles. The molecule has 178 valence electrons. The van der Waals surface area contributed by atoms with Gasteiger partial charge in [0.15, 0.2) is 0 Å². The second-order valence-corrected chi connectivity index (χ2v) is 10.2. The van der Waals surface area contributed by atoms with E-state index in [9.17, 15) is 4.79 Å². The molecule has 3 aliphatic rings. The van der Waals surface area contributed by atoms with Crippen LogP contribution in [-0.2, 0) is 18.9 Å². The third-order valence-electron chi connectivity index (χ3n) is 7.27. The van der Waals surface area contributed by atoms with Crippen LogP contribution in [0, 0.1) is 5.92 Å². The topological polar surface area (TPSA) is 72.6 Å². The molecule has 1 amide bonds. The van der Waals surface area contributed by atoms with E-state index in [-0.39, 0.29) is 29.8 Å². The number of carbonyl (C=O) groups is 1. The summed E-state index contributed by atoms with van der Waals surface area (Å²) in [6.45, 7) is 11.3. The van der Waals surface area contributed by atoms with Crippen molar-refractivity contribution < 1.29 is 23.7 Å². The van der Waals surface area contributed by atoms with Gasteiger partial charge in [-0.1, -0.05) is 11.6 Å². The molecule has 1 unspecified atom stereocenters. The summed E-state index contributed by atoms with van der Waals surface area (Å²) in [7, 11) is 3.84. The third-order valence-corrected chi connectivity index (χ3v) is 7.27. The molecule has 3 fully saturated rings. The molecule has 0 aromatic carbocycles. The molecule has 0 bridgehead atoms. The lowest BCUT2D eigenvalue weighted by molar-refractivity contribution is -0.172. The number of nitrogens with one attached hydrogen (secondary N) is 1. The zero-order valence-electron chi connectivity index (χ0n) is 20.2. The van der Waals surface area contributed by atoms with Crippen molar-refractivity contribution in [3.63, 3.8) is 0 Å². The molecule has 1 N–H and O–H groups in total. The molecule has 7 nitrogen and oxygen atoms in total. The van der Waals surface area contributed by atoms with Crippen LogP contribution in [0.3, 0.4) is 0 Å². The minimum atomic E-state index is -0.477. The number of rotatable bonds is 9. The van der Waals surface area contributed by atoms with Crippen molar-refractivity contribution in [2.75, 3.05) is 40.5 Å². The van der Waals surface area contributed by atoms with E-state index in [0.29, 0.717) is 25.8 Å². The molecule has 1 saturated carbocycles. The van der Waals surface area contributed by atoms with Gasteiger partial charge in [0.05, 0.1) is 24.4 Å². The maximum atomic E-state index is 12.5. The summed E-state index contributed by atoms with van der Waals surface area (Å²) in [4.78, 5) is 14.9. The van der Waals surface area contributed by atoms with Gasteiger partial charge in [-0.15, -0.1) is 0 Å². The first-order chi connectivity index (χ1) is 14.7. The van der Waals surface area contributed by atoms with Crippen LogP contribution in [0.5, 0.6) is 0 Å². The van der Waals surface area contributed by atoms with Crippen LogP contribution in [0.15, 0.2) is 11.6 Å². The highest BCUT2D eigenvalue weighted by molar-refractivity contribution is 5.67. The van der Waals surface area contributed by atoms with Crippen molar-refractivity contribution in [3.05, 3.63) is 11.6 Å². The van der Waals surface area contributed by atoms with Crippen LogP contribution in [0.25, 0.3) is 0 Å². The van der Waals surface area contributed by atoms with Gasteiger partial charge in [-0.2, -0.15) is 0 Å². The SMILES string of the molecule is CO[C@H]1[C@H](C(C)(C)OCC=C(C)C)[C@]2(CC[C@H]1OC(=O)NCCC1CCCN1C)CO2. The number of hydrogen-bond donors (Lipinski definition) is 1. The summed E-state index contributed by atoms with van der Waals surface area (Å²) in [5, 5.41) is 2.95. The molecule has 2 aliphatic heterocycles. The Morgan fingerprint density at radius 1 is 1.32 bits per heavy atom. The Bertz CT molecular complexity index is 642. The molecule has 2 heterocycles. The van der Waals surface area contributed by atoms with Crippen molar-refractivity contribution in [1.29, 1.82) is 0 Å². The van der Waals surface area contributed by atoms with Crippen LogP contribution in [0.4, 0.5) is 4.79 Å². The van der Waals surface area contributed by atoms with E-state index in [0.717, 1.165) is 25.8 Å². The van der Waals surface area contributed by atoms with E-state index >= 15 is 0 Å². The smallest absolute Gasteiger partial charge is 0.407 e. The van der Waals surface area contributed by atoms with Crippen molar-refractivity contribution in [3.8, 4) is 0 Å². The lowest BCUT2D eigenvalue weighted by atomic mass is 9.68. The number of epoxide rings is 1. The molecule has 0 aromatic rings. The van der Waals surface area contributed by atoms with E-state index in [1.165, 1.54) is 18.4 Å². The van der Waals surface area contributed by atoms with Gasteiger partial charge in [0, 0.05) is 25.6 Å². The number of nitrogens with zero attached hydrogens (tertiary/aromatic N) is 1. The van der Waals surface area contributed by atoms with Crippen LogP contribution >= 0.6 is 0 Å². The number of allylic oxidation sites excluding steroid dienone is 1. The van der Waals surface area contributed by atoms with Gasteiger partial charge in [-0.05, 0) is 73.4 Å². The first kappa shape index (κ1) is 24.5. The monoisotopic (exact) mass is 438 g/mol. The lowest BCUT2D eigenvalue weighted by Crippen LogP contribution is -2.59. The number of carbonyl (C=O) groups excluding carboxylic acids is 1. The number of hydrogen-bond acceptors (Lipinski definition) is 6. The number of ether oxygens (including phenoxy) is 4. The predicted molar refractivity (Wildman–Crippen MR) is 120 cm³/mol. The Balaban J connectivity index is 1.58. The van der Waals surface area contributed by atoms with Gasteiger partial charge in [0.25, 0.3) is 0 Å². The van der Waals surface area contributed by atoms with Gasteiger partial charge in [0.2, 0.25) is 0 Å². The highest BCUT2D eigenvalue weighted by Crippen LogP contribution is 2.52. The maximum absolute atomic E-state index is 12.5. The normalized spacial score (nSPS) is 33.4. The number of methoxy groups -OCH3 is 1. The van der Waals surface area contributed by atoms with Gasteiger partial charge < -0.3 is 29.2 Å². The largest absolute Gasteiger partial charge is 0.443 e. The van der Waals surface area contributed by atoms with Crippen LogP contribution < -0.4 is 5.32 Å². The van der Waals surface area contributed by atoms with E-state index < -0.39 is 5.60 Å². The fraction of sp³-hybridized carbons (Fsp3) is 0.875. The molecule has 3 rings (SSSR count). The van der Waals surface area contributed by atoms with E-state index in [2.05, 4.69) is 51.0 Å². The highest BCUT2D eigenvalue weighted by atomic mass is 16.6. The Morgan fingerprint density at radius 3 is 2.65 bits per heavy atom. The maximum Gasteiger partial charge on any atom is 0.407 e. The minimum Gasteiger partial charge on any atom is -0.443 e. The van der Waals surface area contributed by atoms with Gasteiger partial charge in [0.1, 0.15) is 12.2 Å². The Labute approximate surface area is 187 Å².